The van der Waals surface area contributed by atoms with Gasteiger partial charge in [-0.05, 0) is 61.0 Å². The van der Waals surface area contributed by atoms with E-state index in [2.05, 4.69) is 5.32 Å². The molecule has 1 N–H and O–H groups in total. The molecule has 0 unspecified atom stereocenters. The monoisotopic (exact) mass is 590 g/mol. The number of hydrogen-bond donors (Lipinski definition) is 1. The molecule has 0 atom stereocenters. The number of ether oxygens (including phenoxy) is 4. The summed E-state index contributed by atoms with van der Waals surface area (Å²) in [6.45, 7) is 1.70. The lowest BCUT2D eigenvalue weighted by atomic mass is 10.2. The minimum Gasteiger partial charge on any atom is -0.495 e. The third kappa shape index (κ3) is 7.36. The quantitative estimate of drug-likeness (QED) is 0.214. The fourth-order valence-electron chi connectivity index (χ4n) is 3.68. The molecule has 1 amide bonds. The number of unbranched alkanes of at least 4 members (excludes halogenated alkanes) is 1. The highest BCUT2D eigenvalue weighted by molar-refractivity contribution is 7.92. The van der Waals surface area contributed by atoms with Gasteiger partial charge in [0.1, 0.15) is 12.3 Å². The zero-order chi connectivity index (χ0) is 29.3. The summed E-state index contributed by atoms with van der Waals surface area (Å²) in [6.07, 6.45) is 1.66. The van der Waals surface area contributed by atoms with Gasteiger partial charge in [-0.1, -0.05) is 24.9 Å². The van der Waals surface area contributed by atoms with Crippen LogP contribution >= 0.6 is 11.6 Å². The standard InChI is InChI=1S/C28H31ClN2O8S/c1-5-6-15-39-28(33)19-7-10-21(11-8-19)30-27(32)18-31(23-16-20(29)9-13-24(23)36-2)40(34,35)22-12-14-25(37-3)26(17-22)38-4/h7-14,16-17H,5-6,15,18H2,1-4H3,(H,30,32). The number of nitrogens with one attached hydrogen (secondary N) is 1. The zero-order valence-corrected chi connectivity index (χ0v) is 24.2. The van der Waals surface area contributed by atoms with Crippen molar-refractivity contribution in [1.29, 1.82) is 0 Å². The van der Waals surface area contributed by atoms with Crippen molar-refractivity contribution >= 4 is 44.9 Å². The molecule has 0 aliphatic rings. The van der Waals surface area contributed by atoms with E-state index in [4.69, 9.17) is 30.5 Å². The molecule has 0 aliphatic heterocycles. The second kappa shape index (κ2) is 13.9. The molecule has 214 valence electrons. The summed E-state index contributed by atoms with van der Waals surface area (Å²) in [4.78, 5) is 25.2. The van der Waals surface area contributed by atoms with Crippen molar-refractivity contribution in [2.75, 3.05) is 44.1 Å². The van der Waals surface area contributed by atoms with E-state index in [1.807, 2.05) is 6.92 Å². The van der Waals surface area contributed by atoms with Crippen LogP contribution in [0.3, 0.4) is 0 Å². The van der Waals surface area contributed by atoms with Crippen LogP contribution < -0.4 is 23.8 Å². The van der Waals surface area contributed by atoms with Gasteiger partial charge in [0.15, 0.2) is 11.5 Å². The van der Waals surface area contributed by atoms with E-state index >= 15 is 0 Å². The Balaban J connectivity index is 1.92. The molecule has 40 heavy (non-hydrogen) atoms. The largest absolute Gasteiger partial charge is 0.495 e. The third-order valence-corrected chi connectivity index (χ3v) is 7.77. The van der Waals surface area contributed by atoms with Crippen molar-refractivity contribution < 1.29 is 37.0 Å². The van der Waals surface area contributed by atoms with E-state index in [0.29, 0.717) is 23.6 Å². The van der Waals surface area contributed by atoms with Crippen molar-refractivity contribution in [3.63, 3.8) is 0 Å². The van der Waals surface area contributed by atoms with Gasteiger partial charge in [-0.25, -0.2) is 13.2 Å². The Hall–Kier alpha value is -3.96. The van der Waals surface area contributed by atoms with E-state index in [9.17, 15) is 18.0 Å². The smallest absolute Gasteiger partial charge is 0.338 e. The van der Waals surface area contributed by atoms with Crippen molar-refractivity contribution in [3.8, 4) is 17.2 Å². The molecular weight excluding hydrogens is 560 g/mol. The van der Waals surface area contributed by atoms with Gasteiger partial charge in [0.05, 0.1) is 44.1 Å². The van der Waals surface area contributed by atoms with Gasteiger partial charge in [0.25, 0.3) is 10.0 Å². The molecule has 0 saturated heterocycles. The second-order valence-corrected chi connectivity index (χ2v) is 10.8. The molecule has 0 radical (unpaired) electrons. The molecule has 0 saturated carbocycles. The Morgan fingerprint density at radius 3 is 2.15 bits per heavy atom. The number of nitrogens with zero attached hydrogens (tertiary/aromatic N) is 1. The average Bonchev–Trinajstić information content (AvgIpc) is 2.95. The number of methoxy groups -OCH3 is 3. The highest BCUT2D eigenvalue weighted by Gasteiger charge is 2.31. The number of hydrogen-bond acceptors (Lipinski definition) is 8. The first-order valence-corrected chi connectivity index (χ1v) is 14.1. The van der Waals surface area contributed by atoms with E-state index in [0.717, 1.165) is 17.1 Å². The van der Waals surface area contributed by atoms with Gasteiger partial charge in [-0.2, -0.15) is 0 Å². The first kappa shape index (κ1) is 30.6. The van der Waals surface area contributed by atoms with Crippen LogP contribution in [0.25, 0.3) is 0 Å². The summed E-state index contributed by atoms with van der Waals surface area (Å²) >= 11 is 6.20. The molecule has 0 heterocycles. The SMILES string of the molecule is CCCCOC(=O)c1ccc(NC(=O)CN(c2cc(Cl)ccc2OC)S(=O)(=O)c2ccc(OC)c(OC)c2)cc1. The van der Waals surface area contributed by atoms with Crippen LogP contribution in [0, 0.1) is 0 Å². The van der Waals surface area contributed by atoms with E-state index < -0.39 is 28.4 Å². The normalized spacial score (nSPS) is 10.9. The van der Waals surface area contributed by atoms with Crippen molar-refractivity contribution in [1.82, 2.24) is 0 Å². The topological polar surface area (TPSA) is 120 Å². The van der Waals surface area contributed by atoms with Gasteiger partial charge < -0.3 is 24.3 Å². The predicted octanol–water partition coefficient (Wildman–Crippen LogP) is 5.16. The van der Waals surface area contributed by atoms with Gasteiger partial charge >= 0.3 is 5.97 Å². The lowest BCUT2D eigenvalue weighted by Crippen LogP contribution is -2.38. The summed E-state index contributed by atoms with van der Waals surface area (Å²) in [6, 6.07) is 14.6. The van der Waals surface area contributed by atoms with E-state index in [-0.39, 0.29) is 27.1 Å². The van der Waals surface area contributed by atoms with Gasteiger partial charge in [-0.15, -0.1) is 0 Å². The Labute approximate surface area is 238 Å². The molecule has 3 aromatic rings. The minimum atomic E-state index is -4.34. The number of rotatable bonds is 13. The average molecular weight is 591 g/mol. The van der Waals surface area contributed by atoms with Crippen LogP contribution in [0.5, 0.6) is 17.2 Å². The Kier molecular flexibility index (Phi) is 10.6. The molecule has 0 spiro atoms. The Bertz CT molecular complexity index is 1450. The molecule has 12 heteroatoms. The van der Waals surface area contributed by atoms with Crippen LogP contribution in [0.1, 0.15) is 30.1 Å². The van der Waals surface area contributed by atoms with Crippen LogP contribution in [0.2, 0.25) is 5.02 Å². The maximum Gasteiger partial charge on any atom is 0.338 e. The maximum absolute atomic E-state index is 13.9. The van der Waals surface area contributed by atoms with Crippen molar-refractivity contribution in [3.05, 3.63) is 71.2 Å². The molecule has 0 aliphatic carbocycles. The minimum absolute atomic E-state index is 0.0603. The van der Waals surface area contributed by atoms with Crippen LogP contribution in [0.4, 0.5) is 11.4 Å². The molecule has 0 fully saturated rings. The Morgan fingerprint density at radius 2 is 1.52 bits per heavy atom. The Morgan fingerprint density at radius 1 is 0.875 bits per heavy atom. The first-order chi connectivity index (χ1) is 19.1. The van der Waals surface area contributed by atoms with E-state index in [1.54, 1.807) is 6.07 Å². The van der Waals surface area contributed by atoms with Crippen LogP contribution in [0.15, 0.2) is 65.6 Å². The molecule has 3 aromatic carbocycles. The summed E-state index contributed by atoms with van der Waals surface area (Å²) < 4.78 is 49.7. The molecule has 10 nitrogen and oxygen atoms in total. The van der Waals surface area contributed by atoms with Gasteiger partial charge in [-0.3, -0.25) is 9.10 Å². The number of carbonyl (C=O) groups excluding carboxylic acids is 2. The summed E-state index contributed by atoms with van der Waals surface area (Å²) in [5.41, 5.74) is 0.747. The zero-order valence-electron chi connectivity index (χ0n) is 22.6. The predicted molar refractivity (Wildman–Crippen MR) is 152 cm³/mol. The lowest BCUT2D eigenvalue weighted by Gasteiger charge is -2.26. The number of anilines is 2. The summed E-state index contributed by atoms with van der Waals surface area (Å²) in [5.74, 6) is -0.397. The molecule has 0 aromatic heterocycles. The molecular formula is C28H31ClN2O8S. The fraction of sp³-hybridized carbons (Fsp3) is 0.286. The number of sulfonamides is 1. The number of benzene rings is 3. The summed E-state index contributed by atoms with van der Waals surface area (Å²) in [5, 5.41) is 2.90. The highest BCUT2D eigenvalue weighted by Crippen LogP contribution is 2.37. The highest BCUT2D eigenvalue weighted by atomic mass is 35.5. The van der Waals surface area contributed by atoms with Crippen molar-refractivity contribution in [2.45, 2.75) is 24.7 Å². The van der Waals surface area contributed by atoms with Gasteiger partial charge in [0.2, 0.25) is 5.91 Å². The van der Waals surface area contributed by atoms with E-state index in [1.165, 1.54) is 75.9 Å². The number of halogens is 1. The molecule has 0 bridgehead atoms. The lowest BCUT2D eigenvalue weighted by molar-refractivity contribution is -0.114. The number of amides is 1. The first-order valence-electron chi connectivity index (χ1n) is 12.3. The number of esters is 1. The van der Waals surface area contributed by atoms with Crippen LogP contribution in [-0.2, 0) is 19.6 Å². The van der Waals surface area contributed by atoms with Crippen LogP contribution in [-0.4, -0.2) is 54.8 Å². The fourth-order valence-corrected chi connectivity index (χ4v) is 5.28. The third-order valence-electron chi connectivity index (χ3n) is 5.78. The second-order valence-electron chi connectivity index (χ2n) is 8.46. The van der Waals surface area contributed by atoms with Crippen molar-refractivity contribution in [2.24, 2.45) is 0 Å². The summed E-state index contributed by atoms with van der Waals surface area (Å²) in [7, 11) is -0.146. The maximum atomic E-state index is 13.9. The molecule has 3 rings (SSSR count). The number of carbonyl (C=O) groups is 2. The van der Waals surface area contributed by atoms with Gasteiger partial charge in [0, 0.05) is 16.8 Å².